The van der Waals surface area contributed by atoms with Crippen molar-refractivity contribution in [2.24, 2.45) is 0 Å². The fourth-order valence-corrected chi connectivity index (χ4v) is 2.67. The van der Waals surface area contributed by atoms with Gasteiger partial charge in [0.25, 0.3) is 0 Å². The first-order chi connectivity index (χ1) is 8.49. The van der Waals surface area contributed by atoms with Crippen LogP contribution in [-0.4, -0.2) is 49.3 Å². The average Bonchev–Trinajstić information content (AvgIpc) is 2.39. The number of piperazine rings is 1. The van der Waals surface area contributed by atoms with E-state index in [9.17, 15) is 0 Å². The minimum atomic E-state index is 0.288. The quantitative estimate of drug-likeness (QED) is 0.709. The van der Waals surface area contributed by atoms with Crippen molar-refractivity contribution in [2.75, 3.05) is 33.4 Å². The number of unbranched alkanes of at least 4 members (excludes halogenated alkanes) is 1. The third-order valence-corrected chi connectivity index (χ3v) is 4.77. The fraction of sp³-hybridized carbons (Fsp3) is 1.00. The number of methoxy groups -OCH3 is 1. The standard InChI is InChI=1S/C15H32N2O/c1-6-14(3)13-17(10-8-9-11-18-5)15(4,7-2)12-16-14/h16H,6-13H2,1-5H3. The van der Waals surface area contributed by atoms with E-state index in [0.29, 0.717) is 5.54 Å². The highest BCUT2D eigenvalue weighted by Crippen LogP contribution is 2.28. The van der Waals surface area contributed by atoms with Crippen molar-refractivity contribution in [3.8, 4) is 0 Å². The fourth-order valence-electron chi connectivity index (χ4n) is 2.67. The van der Waals surface area contributed by atoms with Crippen LogP contribution in [0.4, 0.5) is 0 Å². The maximum absolute atomic E-state index is 5.14. The minimum absolute atomic E-state index is 0.288. The number of nitrogens with zero attached hydrogens (tertiary/aromatic N) is 1. The Labute approximate surface area is 113 Å². The van der Waals surface area contributed by atoms with Crippen molar-refractivity contribution in [3.63, 3.8) is 0 Å². The van der Waals surface area contributed by atoms with Crippen molar-refractivity contribution in [3.05, 3.63) is 0 Å². The molecule has 1 aliphatic heterocycles. The van der Waals surface area contributed by atoms with Gasteiger partial charge in [-0.15, -0.1) is 0 Å². The Bertz CT molecular complexity index is 247. The first kappa shape index (κ1) is 15.9. The zero-order chi connectivity index (χ0) is 13.6. The van der Waals surface area contributed by atoms with Gasteiger partial charge < -0.3 is 10.1 Å². The number of hydrogen-bond donors (Lipinski definition) is 1. The van der Waals surface area contributed by atoms with E-state index < -0.39 is 0 Å². The lowest BCUT2D eigenvalue weighted by molar-refractivity contribution is 0.0147. The number of hydrogen-bond acceptors (Lipinski definition) is 3. The number of ether oxygens (including phenoxy) is 1. The number of rotatable bonds is 7. The van der Waals surface area contributed by atoms with Gasteiger partial charge in [0.15, 0.2) is 0 Å². The SMILES string of the molecule is CCC1(C)CN(CCCCOC)C(C)(CC)CN1. The largest absolute Gasteiger partial charge is 0.385 e. The molecular weight excluding hydrogens is 224 g/mol. The molecule has 0 radical (unpaired) electrons. The molecule has 0 aromatic rings. The van der Waals surface area contributed by atoms with E-state index in [2.05, 4.69) is 37.9 Å². The van der Waals surface area contributed by atoms with E-state index in [1.54, 1.807) is 7.11 Å². The van der Waals surface area contributed by atoms with Crippen LogP contribution in [0.1, 0.15) is 53.4 Å². The summed E-state index contributed by atoms with van der Waals surface area (Å²) in [5.74, 6) is 0. The molecule has 0 bridgehead atoms. The van der Waals surface area contributed by atoms with E-state index in [1.165, 1.54) is 38.8 Å². The van der Waals surface area contributed by atoms with Gasteiger partial charge in [0, 0.05) is 37.9 Å². The maximum Gasteiger partial charge on any atom is 0.0462 e. The molecule has 0 saturated carbocycles. The van der Waals surface area contributed by atoms with Crippen LogP contribution in [0.15, 0.2) is 0 Å². The van der Waals surface area contributed by atoms with Crippen LogP contribution in [0, 0.1) is 0 Å². The third kappa shape index (κ3) is 3.94. The van der Waals surface area contributed by atoms with Gasteiger partial charge in [-0.3, -0.25) is 4.90 Å². The van der Waals surface area contributed by atoms with Gasteiger partial charge >= 0.3 is 0 Å². The minimum Gasteiger partial charge on any atom is -0.385 e. The summed E-state index contributed by atoms with van der Waals surface area (Å²) in [6.07, 6.45) is 4.82. The van der Waals surface area contributed by atoms with Crippen LogP contribution in [0.3, 0.4) is 0 Å². The van der Waals surface area contributed by atoms with Crippen molar-refractivity contribution >= 4 is 0 Å². The van der Waals surface area contributed by atoms with Gasteiger partial charge in [0.2, 0.25) is 0 Å². The van der Waals surface area contributed by atoms with Gasteiger partial charge in [-0.1, -0.05) is 13.8 Å². The lowest BCUT2D eigenvalue weighted by Gasteiger charge is -2.52. The Morgan fingerprint density at radius 3 is 2.44 bits per heavy atom. The van der Waals surface area contributed by atoms with E-state index in [1.807, 2.05) is 0 Å². The first-order valence-corrected chi connectivity index (χ1v) is 7.48. The van der Waals surface area contributed by atoms with Crippen LogP contribution in [-0.2, 0) is 4.74 Å². The van der Waals surface area contributed by atoms with Gasteiger partial charge in [-0.2, -0.15) is 0 Å². The molecule has 3 nitrogen and oxygen atoms in total. The highest BCUT2D eigenvalue weighted by molar-refractivity contribution is 5.00. The van der Waals surface area contributed by atoms with Crippen LogP contribution >= 0.6 is 0 Å². The van der Waals surface area contributed by atoms with E-state index in [-0.39, 0.29) is 5.54 Å². The Balaban J connectivity index is 2.56. The molecule has 0 aromatic heterocycles. The maximum atomic E-state index is 5.14. The lowest BCUT2D eigenvalue weighted by atomic mass is 9.85. The molecule has 1 fully saturated rings. The topological polar surface area (TPSA) is 24.5 Å². The summed E-state index contributed by atoms with van der Waals surface area (Å²) < 4.78 is 5.14. The molecule has 1 N–H and O–H groups in total. The molecule has 3 heteroatoms. The second-order valence-electron chi connectivity index (χ2n) is 6.24. The molecule has 2 unspecified atom stereocenters. The van der Waals surface area contributed by atoms with Crippen molar-refractivity contribution in [1.29, 1.82) is 0 Å². The molecule has 0 aliphatic carbocycles. The van der Waals surface area contributed by atoms with Gasteiger partial charge in [0.05, 0.1) is 0 Å². The third-order valence-electron chi connectivity index (χ3n) is 4.77. The van der Waals surface area contributed by atoms with Crippen LogP contribution < -0.4 is 5.32 Å². The summed E-state index contributed by atoms with van der Waals surface area (Å²) in [5.41, 5.74) is 0.609. The second kappa shape index (κ2) is 6.88. The predicted octanol–water partition coefficient (Wildman–Crippen LogP) is 2.66. The Kier molecular flexibility index (Phi) is 6.09. The molecule has 1 saturated heterocycles. The Hall–Kier alpha value is -0.120. The summed E-state index contributed by atoms with van der Waals surface area (Å²) in [5, 5.41) is 3.75. The molecule has 0 spiro atoms. The van der Waals surface area contributed by atoms with Crippen LogP contribution in [0.5, 0.6) is 0 Å². The van der Waals surface area contributed by atoms with Crippen molar-refractivity contribution in [1.82, 2.24) is 10.2 Å². The second-order valence-corrected chi connectivity index (χ2v) is 6.24. The molecule has 2 atom stereocenters. The molecule has 18 heavy (non-hydrogen) atoms. The van der Waals surface area contributed by atoms with Gasteiger partial charge in [-0.05, 0) is 46.1 Å². The lowest BCUT2D eigenvalue weighted by Crippen LogP contribution is -2.67. The molecule has 1 rings (SSSR count). The summed E-state index contributed by atoms with van der Waals surface area (Å²) >= 11 is 0. The summed E-state index contributed by atoms with van der Waals surface area (Å²) in [6, 6.07) is 0. The molecule has 1 aliphatic rings. The normalized spacial score (nSPS) is 33.8. The molecule has 1 heterocycles. The van der Waals surface area contributed by atoms with E-state index >= 15 is 0 Å². The molecule has 0 amide bonds. The van der Waals surface area contributed by atoms with Crippen molar-refractivity contribution < 1.29 is 4.74 Å². The van der Waals surface area contributed by atoms with Gasteiger partial charge in [-0.25, -0.2) is 0 Å². The molecular formula is C15H32N2O. The highest BCUT2D eigenvalue weighted by atomic mass is 16.5. The zero-order valence-corrected chi connectivity index (χ0v) is 13.0. The van der Waals surface area contributed by atoms with Crippen LogP contribution in [0.2, 0.25) is 0 Å². The van der Waals surface area contributed by atoms with Crippen molar-refractivity contribution in [2.45, 2.75) is 64.5 Å². The van der Waals surface area contributed by atoms with Gasteiger partial charge in [0.1, 0.15) is 0 Å². The van der Waals surface area contributed by atoms with E-state index in [4.69, 9.17) is 4.74 Å². The first-order valence-electron chi connectivity index (χ1n) is 7.48. The molecule has 0 aromatic carbocycles. The Morgan fingerprint density at radius 2 is 1.89 bits per heavy atom. The number of nitrogens with one attached hydrogen (secondary N) is 1. The Morgan fingerprint density at radius 1 is 1.17 bits per heavy atom. The summed E-state index contributed by atoms with van der Waals surface area (Å²) in [4.78, 5) is 2.70. The van der Waals surface area contributed by atoms with E-state index in [0.717, 1.165) is 13.2 Å². The smallest absolute Gasteiger partial charge is 0.0462 e. The van der Waals surface area contributed by atoms with Crippen LogP contribution in [0.25, 0.3) is 0 Å². The monoisotopic (exact) mass is 256 g/mol. The summed E-state index contributed by atoms with van der Waals surface area (Å²) in [6.45, 7) is 13.7. The molecule has 108 valence electrons. The highest BCUT2D eigenvalue weighted by Gasteiger charge is 2.40. The zero-order valence-electron chi connectivity index (χ0n) is 13.0. The summed E-state index contributed by atoms with van der Waals surface area (Å²) in [7, 11) is 1.79. The average molecular weight is 256 g/mol. The predicted molar refractivity (Wildman–Crippen MR) is 78.1 cm³/mol.